The van der Waals surface area contributed by atoms with Gasteiger partial charge in [0, 0.05) is 17.5 Å². The predicted molar refractivity (Wildman–Crippen MR) is 109 cm³/mol. The second-order valence-corrected chi connectivity index (χ2v) is 9.08. The summed E-state index contributed by atoms with van der Waals surface area (Å²) < 4.78 is 13.1. The number of hydrogen-bond acceptors (Lipinski definition) is 4. The monoisotopic (exact) mass is 397 g/mol. The van der Waals surface area contributed by atoms with Crippen LogP contribution in [-0.2, 0) is 24.2 Å². The van der Waals surface area contributed by atoms with Crippen molar-refractivity contribution in [2.75, 3.05) is 11.9 Å². The van der Waals surface area contributed by atoms with Crippen molar-refractivity contribution < 1.29 is 9.18 Å². The summed E-state index contributed by atoms with van der Waals surface area (Å²) in [6, 6.07) is 9.16. The predicted octanol–water partition coefficient (Wildman–Crippen LogP) is 4.49. The summed E-state index contributed by atoms with van der Waals surface area (Å²) in [5.74, 6) is 0.291. The number of carbonyl (C=O) groups is 1. The number of benzene rings is 1. The van der Waals surface area contributed by atoms with Crippen LogP contribution in [0.15, 0.2) is 24.3 Å². The Balaban J connectivity index is 1.44. The highest BCUT2D eigenvalue weighted by Crippen LogP contribution is 2.39. The van der Waals surface area contributed by atoms with Gasteiger partial charge in [-0.1, -0.05) is 19.1 Å². The number of nitrogens with zero attached hydrogens (tertiary/aromatic N) is 2. The fourth-order valence-corrected chi connectivity index (χ4v) is 5.26. The minimum atomic E-state index is -0.250. The number of anilines is 1. The Labute approximate surface area is 169 Å². The number of nitrogens with one attached hydrogen (secondary N) is 1. The lowest BCUT2D eigenvalue weighted by Gasteiger charge is -2.21. The molecule has 1 aromatic carbocycles. The van der Waals surface area contributed by atoms with Gasteiger partial charge in [-0.2, -0.15) is 5.26 Å². The van der Waals surface area contributed by atoms with E-state index in [-0.39, 0.29) is 18.3 Å². The van der Waals surface area contributed by atoms with Crippen molar-refractivity contribution in [2.24, 2.45) is 5.92 Å². The Morgan fingerprint density at radius 1 is 1.32 bits per heavy atom. The number of hydrogen-bond donors (Lipinski definition) is 1. The van der Waals surface area contributed by atoms with Crippen LogP contribution in [0.2, 0.25) is 0 Å². The van der Waals surface area contributed by atoms with E-state index in [1.165, 1.54) is 17.0 Å². The normalized spacial score (nSPS) is 18.6. The SMILES string of the molecule is C[C@H]1CCc2c(sc(NC(=O)CN(Cc3ccc(F)cc3)C3CC3)c2C#N)C1. The lowest BCUT2D eigenvalue weighted by molar-refractivity contribution is -0.117. The second kappa shape index (κ2) is 8.02. The summed E-state index contributed by atoms with van der Waals surface area (Å²) in [5.41, 5.74) is 2.78. The van der Waals surface area contributed by atoms with Crippen LogP contribution in [0.4, 0.5) is 9.39 Å². The Kier molecular flexibility index (Phi) is 5.47. The van der Waals surface area contributed by atoms with Crippen LogP contribution in [0.3, 0.4) is 0 Å². The summed E-state index contributed by atoms with van der Waals surface area (Å²) in [6.45, 7) is 3.14. The molecule has 1 N–H and O–H groups in total. The van der Waals surface area contributed by atoms with Crippen molar-refractivity contribution in [3.8, 4) is 6.07 Å². The van der Waals surface area contributed by atoms with Gasteiger partial charge in [-0.25, -0.2) is 4.39 Å². The standard InChI is InChI=1S/C22H24FN3OS/c1-14-2-9-18-19(11-24)22(28-20(18)10-14)25-21(27)13-26(17-7-8-17)12-15-3-5-16(23)6-4-15/h3-6,14,17H,2,7-10,12-13H2,1H3,(H,25,27)/t14-/m0/s1. The fourth-order valence-electron chi connectivity index (χ4n) is 3.89. The minimum Gasteiger partial charge on any atom is -0.315 e. The van der Waals surface area contributed by atoms with E-state index in [1.54, 1.807) is 23.5 Å². The molecule has 0 unspecified atom stereocenters. The molecular weight excluding hydrogens is 373 g/mol. The molecule has 4 rings (SSSR count). The van der Waals surface area contributed by atoms with E-state index >= 15 is 0 Å². The third-order valence-corrected chi connectivity index (χ3v) is 6.76. The number of halogens is 1. The third-order valence-electron chi connectivity index (χ3n) is 5.59. The van der Waals surface area contributed by atoms with E-state index in [2.05, 4.69) is 23.2 Å². The largest absolute Gasteiger partial charge is 0.315 e. The molecule has 1 fully saturated rings. The van der Waals surface area contributed by atoms with Gasteiger partial charge in [-0.15, -0.1) is 11.3 Å². The topological polar surface area (TPSA) is 56.1 Å². The number of thiophene rings is 1. The summed E-state index contributed by atoms with van der Waals surface area (Å²) in [7, 11) is 0. The molecule has 0 spiro atoms. The smallest absolute Gasteiger partial charge is 0.239 e. The number of fused-ring (bicyclic) bond motifs is 1. The number of nitriles is 1. The van der Waals surface area contributed by atoms with E-state index in [1.807, 2.05) is 0 Å². The van der Waals surface area contributed by atoms with Crippen LogP contribution in [0.25, 0.3) is 0 Å². The first kappa shape index (κ1) is 19.1. The fraction of sp³-hybridized carbons (Fsp3) is 0.455. The molecular formula is C22H24FN3OS. The van der Waals surface area contributed by atoms with E-state index in [0.29, 0.717) is 29.1 Å². The van der Waals surface area contributed by atoms with Crippen LogP contribution >= 0.6 is 11.3 Å². The molecule has 28 heavy (non-hydrogen) atoms. The Hall–Kier alpha value is -2.23. The van der Waals surface area contributed by atoms with E-state index in [0.717, 1.165) is 43.2 Å². The first-order valence-corrected chi connectivity index (χ1v) is 10.7. The quantitative estimate of drug-likeness (QED) is 0.782. The molecule has 2 aliphatic carbocycles. The lowest BCUT2D eigenvalue weighted by Crippen LogP contribution is -2.34. The number of amides is 1. The van der Waals surface area contributed by atoms with Crippen molar-refractivity contribution in [1.82, 2.24) is 4.90 Å². The third kappa shape index (κ3) is 4.26. The highest BCUT2D eigenvalue weighted by Gasteiger charge is 2.31. The van der Waals surface area contributed by atoms with Gasteiger partial charge in [0.1, 0.15) is 16.9 Å². The zero-order valence-corrected chi connectivity index (χ0v) is 16.8. The second-order valence-electron chi connectivity index (χ2n) is 7.98. The van der Waals surface area contributed by atoms with Gasteiger partial charge in [-0.05, 0) is 61.3 Å². The molecule has 2 aromatic rings. The van der Waals surface area contributed by atoms with Gasteiger partial charge in [0.2, 0.25) is 5.91 Å². The zero-order chi connectivity index (χ0) is 19.7. The molecule has 1 heterocycles. The van der Waals surface area contributed by atoms with E-state index in [4.69, 9.17) is 0 Å². The molecule has 4 nitrogen and oxygen atoms in total. The molecule has 0 radical (unpaired) electrons. The van der Waals surface area contributed by atoms with E-state index in [9.17, 15) is 14.4 Å². The van der Waals surface area contributed by atoms with Crippen LogP contribution in [0.1, 0.15) is 47.8 Å². The van der Waals surface area contributed by atoms with Crippen molar-refractivity contribution in [1.29, 1.82) is 5.26 Å². The van der Waals surface area contributed by atoms with Crippen LogP contribution < -0.4 is 5.32 Å². The summed E-state index contributed by atoms with van der Waals surface area (Å²) in [5, 5.41) is 13.3. The van der Waals surface area contributed by atoms with Crippen molar-refractivity contribution >= 4 is 22.2 Å². The summed E-state index contributed by atoms with van der Waals surface area (Å²) >= 11 is 1.56. The lowest BCUT2D eigenvalue weighted by atomic mass is 9.89. The first-order valence-electron chi connectivity index (χ1n) is 9.86. The van der Waals surface area contributed by atoms with Gasteiger partial charge >= 0.3 is 0 Å². The first-order chi connectivity index (χ1) is 13.5. The molecule has 1 amide bonds. The van der Waals surface area contributed by atoms with Crippen molar-refractivity contribution in [3.05, 3.63) is 51.7 Å². The van der Waals surface area contributed by atoms with Gasteiger partial charge in [0.05, 0.1) is 12.1 Å². The average molecular weight is 398 g/mol. The zero-order valence-electron chi connectivity index (χ0n) is 16.0. The molecule has 1 aromatic heterocycles. The Bertz CT molecular complexity index is 911. The maximum absolute atomic E-state index is 13.1. The molecule has 1 saturated carbocycles. The van der Waals surface area contributed by atoms with Gasteiger partial charge < -0.3 is 5.32 Å². The molecule has 146 valence electrons. The maximum Gasteiger partial charge on any atom is 0.239 e. The molecule has 6 heteroatoms. The van der Waals surface area contributed by atoms with Gasteiger partial charge in [-0.3, -0.25) is 9.69 Å². The van der Waals surface area contributed by atoms with E-state index < -0.39 is 0 Å². The molecule has 0 aliphatic heterocycles. The Morgan fingerprint density at radius 2 is 2.07 bits per heavy atom. The maximum atomic E-state index is 13.1. The number of carbonyl (C=O) groups excluding carboxylic acids is 1. The van der Waals surface area contributed by atoms with Gasteiger partial charge in [0.25, 0.3) is 0 Å². The molecule has 2 aliphatic rings. The average Bonchev–Trinajstić information content (AvgIpc) is 3.45. The van der Waals surface area contributed by atoms with Crippen LogP contribution in [-0.4, -0.2) is 23.4 Å². The van der Waals surface area contributed by atoms with Crippen molar-refractivity contribution in [2.45, 2.75) is 51.6 Å². The number of rotatable bonds is 6. The minimum absolute atomic E-state index is 0.0860. The highest BCUT2D eigenvalue weighted by molar-refractivity contribution is 7.16. The van der Waals surface area contributed by atoms with Crippen LogP contribution in [0, 0.1) is 23.1 Å². The molecule has 0 bridgehead atoms. The summed E-state index contributed by atoms with van der Waals surface area (Å²) in [6.07, 6.45) is 5.18. The summed E-state index contributed by atoms with van der Waals surface area (Å²) in [4.78, 5) is 16.1. The molecule has 1 atom stereocenters. The Morgan fingerprint density at radius 3 is 2.75 bits per heavy atom. The van der Waals surface area contributed by atoms with Crippen molar-refractivity contribution in [3.63, 3.8) is 0 Å². The highest BCUT2D eigenvalue weighted by atomic mass is 32.1. The molecule has 0 saturated heterocycles. The van der Waals surface area contributed by atoms with Gasteiger partial charge in [0.15, 0.2) is 0 Å². The van der Waals surface area contributed by atoms with Crippen LogP contribution in [0.5, 0.6) is 0 Å².